The highest BCUT2D eigenvalue weighted by Crippen LogP contribution is 2.17. The Labute approximate surface area is 108 Å². The topological polar surface area (TPSA) is 43.4 Å². The van der Waals surface area contributed by atoms with Gasteiger partial charge in [-0.2, -0.15) is 0 Å². The van der Waals surface area contributed by atoms with Crippen molar-refractivity contribution in [3.8, 4) is 0 Å². The van der Waals surface area contributed by atoms with Gasteiger partial charge in [0.1, 0.15) is 12.4 Å². The van der Waals surface area contributed by atoms with Crippen molar-refractivity contribution in [2.75, 3.05) is 0 Å². The monoisotopic (exact) mass is 248 g/mol. The molecule has 1 rings (SSSR count). The second kappa shape index (κ2) is 6.94. The average molecular weight is 248 g/mol. The lowest BCUT2D eigenvalue weighted by molar-refractivity contribution is -0.146. The van der Waals surface area contributed by atoms with Crippen LogP contribution in [0.5, 0.6) is 0 Å². The Bertz CT molecular complexity index is 397. The van der Waals surface area contributed by atoms with Crippen LogP contribution in [0.3, 0.4) is 0 Å². The van der Waals surface area contributed by atoms with Gasteiger partial charge in [0.25, 0.3) is 0 Å². The molecule has 98 valence electrons. The minimum absolute atomic E-state index is 0.0192. The van der Waals surface area contributed by atoms with Gasteiger partial charge in [-0.25, -0.2) is 0 Å². The van der Waals surface area contributed by atoms with E-state index < -0.39 is 0 Å². The summed E-state index contributed by atoms with van der Waals surface area (Å²) in [5.41, 5.74) is 0.970. The minimum Gasteiger partial charge on any atom is -0.461 e. The molecule has 3 heteroatoms. The maximum Gasteiger partial charge on any atom is 0.306 e. The van der Waals surface area contributed by atoms with Crippen molar-refractivity contribution in [2.45, 2.75) is 33.8 Å². The zero-order chi connectivity index (χ0) is 13.5. The highest BCUT2D eigenvalue weighted by atomic mass is 16.5. The molecule has 0 saturated heterocycles. The summed E-state index contributed by atoms with van der Waals surface area (Å²) in [6.45, 7) is 5.59. The molecule has 18 heavy (non-hydrogen) atoms. The lowest BCUT2D eigenvalue weighted by Gasteiger charge is -2.16. The van der Waals surface area contributed by atoms with Crippen LogP contribution in [0.25, 0.3) is 0 Å². The van der Waals surface area contributed by atoms with Crippen molar-refractivity contribution in [1.29, 1.82) is 0 Å². The van der Waals surface area contributed by atoms with E-state index in [2.05, 4.69) is 0 Å². The molecule has 0 heterocycles. The molecule has 0 bridgehead atoms. The van der Waals surface area contributed by atoms with Gasteiger partial charge in [0.15, 0.2) is 0 Å². The van der Waals surface area contributed by atoms with Gasteiger partial charge in [0, 0.05) is 12.3 Å². The molecule has 1 aromatic rings. The highest BCUT2D eigenvalue weighted by molar-refractivity contribution is 5.79. The summed E-state index contributed by atoms with van der Waals surface area (Å²) in [5.74, 6) is -0.224. The summed E-state index contributed by atoms with van der Waals surface area (Å²) in [6.07, 6.45) is 0.285. The van der Waals surface area contributed by atoms with Crippen molar-refractivity contribution < 1.29 is 14.3 Å². The number of esters is 1. The number of ether oxygens (including phenoxy) is 1. The molecule has 0 spiro atoms. The predicted molar refractivity (Wildman–Crippen MR) is 69.9 cm³/mol. The van der Waals surface area contributed by atoms with Crippen LogP contribution in [-0.2, 0) is 20.9 Å². The Morgan fingerprint density at radius 3 is 2.33 bits per heavy atom. The van der Waals surface area contributed by atoms with Gasteiger partial charge in [-0.1, -0.05) is 44.2 Å². The number of rotatable bonds is 6. The van der Waals surface area contributed by atoms with Crippen LogP contribution in [0.4, 0.5) is 0 Å². The van der Waals surface area contributed by atoms with Crippen LogP contribution in [0.2, 0.25) is 0 Å². The molecule has 0 saturated carbocycles. The first-order valence-electron chi connectivity index (χ1n) is 6.20. The molecule has 0 aromatic heterocycles. The second-order valence-corrected chi connectivity index (χ2v) is 4.73. The number of benzene rings is 1. The van der Waals surface area contributed by atoms with Gasteiger partial charge >= 0.3 is 5.97 Å². The largest absolute Gasteiger partial charge is 0.461 e. The molecule has 0 N–H and O–H groups in total. The average Bonchev–Trinajstić information content (AvgIpc) is 2.36. The molecule has 0 radical (unpaired) electrons. The summed E-state index contributed by atoms with van der Waals surface area (Å²) in [5, 5.41) is 0. The van der Waals surface area contributed by atoms with E-state index in [9.17, 15) is 9.59 Å². The number of carbonyl (C=O) groups excluding carboxylic acids is 2. The van der Waals surface area contributed by atoms with E-state index >= 15 is 0 Å². The fourth-order valence-corrected chi connectivity index (χ4v) is 1.64. The summed E-state index contributed by atoms with van der Waals surface area (Å²) >= 11 is 0. The second-order valence-electron chi connectivity index (χ2n) is 4.73. The van der Waals surface area contributed by atoms with E-state index in [1.165, 1.54) is 0 Å². The van der Waals surface area contributed by atoms with Crippen LogP contribution in [0.1, 0.15) is 32.8 Å². The lowest BCUT2D eigenvalue weighted by atomic mass is 9.90. The number of hydrogen-bond acceptors (Lipinski definition) is 3. The molecule has 0 amide bonds. The van der Waals surface area contributed by atoms with Crippen LogP contribution in [0.15, 0.2) is 30.3 Å². The fourth-order valence-electron chi connectivity index (χ4n) is 1.64. The van der Waals surface area contributed by atoms with Crippen LogP contribution in [0, 0.1) is 11.8 Å². The van der Waals surface area contributed by atoms with Crippen LogP contribution < -0.4 is 0 Å². The Morgan fingerprint density at radius 2 is 1.78 bits per heavy atom. The van der Waals surface area contributed by atoms with Crippen molar-refractivity contribution in [3.63, 3.8) is 0 Å². The van der Waals surface area contributed by atoms with Gasteiger partial charge in [-0.05, 0) is 18.4 Å². The zero-order valence-electron chi connectivity index (χ0n) is 11.2. The molecule has 0 aliphatic rings. The molecule has 0 aliphatic carbocycles. The van der Waals surface area contributed by atoms with E-state index in [-0.39, 0.29) is 30.0 Å². The minimum atomic E-state index is -0.251. The Kier molecular flexibility index (Phi) is 5.56. The van der Waals surface area contributed by atoms with Crippen molar-refractivity contribution in [1.82, 2.24) is 0 Å². The molecular weight excluding hydrogens is 228 g/mol. The number of carbonyl (C=O) groups is 2. The van der Waals surface area contributed by atoms with Crippen molar-refractivity contribution >= 4 is 11.8 Å². The normalized spacial score (nSPS) is 13.7. The quantitative estimate of drug-likeness (QED) is 0.727. The SMILES string of the molecule is CC(=O)C(C)C(C)CC(=O)OCc1ccccc1. The molecule has 2 unspecified atom stereocenters. The van der Waals surface area contributed by atoms with Gasteiger partial charge in [0.05, 0.1) is 0 Å². The first-order valence-corrected chi connectivity index (χ1v) is 6.20. The fraction of sp³-hybridized carbons (Fsp3) is 0.467. The molecule has 2 atom stereocenters. The van der Waals surface area contributed by atoms with E-state index in [0.717, 1.165) is 5.56 Å². The first-order chi connectivity index (χ1) is 8.50. The molecule has 0 aliphatic heterocycles. The van der Waals surface area contributed by atoms with Gasteiger partial charge < -0.3 is 4.74 Å². The standard InChI is InChI=1S/C15H20O3/c1-11(12(2)13(3)16)9-15(17)18-10-14-7-5-4-6-8-14/h4-8,11-12H,9-10H2,1-3H3. The first kappa shape index (κ1) is 14.4. The van der Waals surface area contributed by atoms with Gasteiger partial charge in [-0.3, -0.25) is 9.59 Å². The predicted octanol–water partition coefficient (Wildman–Crippen LogP) is 2.98. The Balaban J connectivity index is 2.36. The van der Waals surface area contributed by atoms with Gasteiger partial charge in [0.2, 0.25) is 0 Å². The number of Topliss-reactive ketones (excluding diaryl/α,β-unsaturated/α-hetero) is 1. The summed E-state index contributed by atoms with van der Waals surface area (Å²) in [4.78, 5) is 22.8. The maximum atomic E-state index is 11.6. The number of hydrogen-bond donors (Lipinski definition) is 0. The van der Waals surface area contributed by atoms with E-state index in [1.54, 1.807) is 6.92 Å². The molecular formula is C15H20O3. The maximum absolute atomic E-state index is 11.6. The third kappa shape index (κ3) is 4.70. The van der Waals surface area contributed by atoms with E-state index in [0.29, 0.717) is 6.61 Å². The van der Waals surface area contributed by atoms with E-state index in [4.69, 9.17) is 4.74 Å². The smallest absolute Gasteiger partial charge is 0.306 e. The number of ketones is 1. The Morgan fingerprint density at radius 1 is 1.17 bits per heavy atom. The lowest BCUT2D eigenvalue weighted by Crippen LogP contribution is -2.20. The van der Waals surface area contributed by atoms with Crippen molar-refractivity contribution in [2.24, 2.45) is 11.8 Å². The van der Waals surface area contributed by atoms with Gasteiger partial charge in [-0.15, -0.1) is 0 Å². The zero-order valence-corrected chi connectivity index (χ0v) is 11.2. The Hall–Kier alpha value is -1.64. The molecule has 0 fully saturated rings. The van der Waals surface area contributed by atoms with E-state index in [1.807, 2.05) is 44.2 Å². The van der Waals surface area contributed by atoms with Crippen LogP contribution in [-0.4, -0.2) is 11.8 Å². The van der Waals surface area contributed by atoms with Crippen molar-refractivity contribution in [3.05, 3.63) is 35.9 Å². The highest BCUT2D eigenvalue weighted by Gasteiger charge is 2.20. The van der Waals surface area contributed by atoms with Crippen LogP contribution >= 0.6 is 0 Å². The third-order valence-electron chi connectivity index (χ3n) is 3.23. The molecule has 3 nitrogen and oxygen atoms in total. The summed E-state index contributed by atoms with van der Waals surface area (Å²) in [6, 6.07) is 9.55. The third-order valence-corrected chi connectivity index (χ3v) is 3.23. The summed E-state index contributed by atoms with van der Waals surface area (Å²) in [7, 11) is 0. The summed E-state index contributed by atoms with van der Waals surface area (Å²) < 4.78 is 5.18. The molecule has 1 aromatic carbocycles.